The quantitative estimate of drug-likeness (QED) is 0.580. The van der Waals surface area contributed by atoms with Gasteiger partial charge < -0.3 is 19.1 Å². The van der Waals surface area contributed by atoms with E-state index in [1.807, 2.05) is 13.1 Å². The second kappa shape index (κ2) is 10.1. The molecule has 0 N–H and O–H groups in total. The number of methoxy groups -OCH3 is 2. The van der Waals surface area contributed by atoms with E-state index in [1.54, 1.807) is 26.5 Å². The number of hydrogen-bond acceptors (Lipinski definition) is 6. The van der Waals surface area contributed by atoms with Crippen molar-refractivity contribution in [1.82, 2.24) is 14.9 Å². The highest BCUT2D eigenvalue weighted by Gasteiger charge is 2.14. The lowest BCUT2D eigenvalue weighted by atomic mass is 10.2. The Hall–Kier alpha value is -1.66. The number of allylic oxidation sites excluding steroid dienone is 1. The lowest BCUT2D eigenvalue weighted by Crippen LogP contribution is -2.35. The van der Waals surface area contributed by atoms with E-state index in [-0.39, 0.29) is 6.10 Å². The molecule has 1 atom stereocenters. The Morgan fingerprint density at radius 3 is 2.90 bits per heavy atom. The van der Waals surface area contributed by atoms with Gasteiger partial charge in [0.1, 0.15) is 6.10 Å². The summed E-state index contributed by atoms with van der Waals surface area (Å²) in [6.45, 7) is 6.08. The summed E-state index contributed by atoms with van der Waals surface area (Å²) >= 11 is 0. The van der Waals surface area contributed by atoms with Crippen molar-refractivity contribution in [1.29, 1.82) is 0 Å². The Kier molecular flexibility index (Phi) is 8.38. The topological polar surface area (TPSA) is 56.7 Å². The molecule has 1 aromatic rings. The fraction of sp³-hybridized carbons (Fsp3) is 0.600. The van der Waals surface area contributed by atoms with Gasteiger partial charge in [-0.3, -0.25) is 0 Å². The second-order valence-electron chi connectivity index (χ2n) is 4.74. The Morgan fingerprint density at radius 2 is 2.24 bits per heavy atom. The van der Waals surface area contributed by atoms with Gasteiger partial charge in [0, 0.05) is 32.5 Å². The SMILES string of the molecule is C=CCC[C@H](CN(C)CCOC)Oc1nccc(OC)n1. The zero-order chi connectivity index (χ0) is 15.5. The summed E-state index contributed by atoms with van der Waals surface area (Å²) in [5, 5.41) is 0. The van der Waals surface area contributed by atoms with Crippen molar-refractivity contribution in [2.45, 2.75) is 18.9 Å². The molecule has 0 radical (unpaired) electrons. The van der Waals surface area contributed by atoms with E-state index in [4.69, 9.17) is 14.2 Å². The molecule has 0 fully saturated rings. The van der Waals surface area contributed by atoms with Crippen molar-refractivity contribution in [3.8, 4) is 11.9 Å². The van der Waals surface area contributed by atoms with Crippen LogP contribution in [0.5, 0.6) is 11.9 Å². The van der Waals surface area contributed by atoms with Crippen molar-refractivity contribution >= 4 is 0 Å². The highest BCUT2D eigenvalue weighted by atomic mass is 16.5. The third-order valence-electron chi connectivity index (χ3n) is 2.97. The molecule has 0 aliphatic heterocycles. The molecule has 1 aromatic heterocycles. The maximum atomic E-state index is 5.88. The monoisotopic (exact) mass is 295 g/mol. The Labute approximate surface area is 126 Å². The van der Waals surface area contributed by atoms with Crippen LogP contribution in [0.4, 0.5) is 0 Å². The molecule has 6 nitrogen and oxygen atoms in total. The fourth-order valence-corrected chi connectivity index (χ4v) is 1.82. The first-order valence-corrected chi connectivity index (χ1v) is 7.01. The van der Waals surface area contributed by atoms with Crippen LogP contribution in [0.25, 0.3) is 0 Å². The van der Waals surface area contributed by atoms with Crippen LogP contribution in [0, 0.1) is 0 Å². The molecular formula is C15H25N3O3. The highest BCUT2D eigenvalue weighted by Crippen LogP contribution is 2.13. The third-order valence-corrected chi connectivity index (χ3v) is 2.97. The maximum Gasteiger partial charge on any atom is 0.319 e. The van der Waals surface area contributed by atoms with Gasteiger partial charge in [-0.25, -0.2) is 4.98 Å². The largest absolute Gasteiger partial charge is 0.481 e. The molecule has 21 heavy (non-hydrogen) atoms. The highest BCUT2D eigenvalue weighted by molar-refractivity contribution is 5.11. The first-order valence-electron chi connectivity index (χ1n) is 7.01. The Balaban J connectivity index is 2.61. The molecule has 0 saturated heterocycles. The normalized spacial score (nSPS) is 12.2. The molecule has 0 aliphatic carbocycles. The van der Waals surface area contributed by atoms with Crippen LogP contribution in [0.2, 0.25) is 0 Å². The zero-order valence-electron chi connectivity index (χ0n) is 13.1. The summed E-state index contributed by atoms with van der Waals surface area (Å²) < 4.78 is 16.0. The summed E-state index contributed by atoms with van der Waals surface area (Å²) in [6.07, 6.45) is 5.25. The lowest BCUT2D eigenvalue weighted by molar-refractivity contribution is 0.106. The van der Waals surface area contributed by atoms with Crippen molar-refractivity contribution in [3.05, 3.63) is 24.9 Å². The number of nitrogens with zero attached hydrogens (tertiary/aromatic N) is 3. The van der Waals surface area contributed by atoms with Crippen molar-refractivity contribution in [2.24, 2.45) is 0 Å². The first-order chi connectivity index (χ1) is 10.2. The molecule has 118 valence electrons. The van der Waals surface area contributed by atoms with Crippen LogP contribution in [0.15, 0.2) is 24.9 Å². The molecule has 0 amide bonds. The summed E-state index contributed by atoms with van der Waals surface area (Å²) in [5.41, 5.74) is 0. The minimum Gasteiger partial charge on any atom is -0.481 e. The number of aromatic nitrogens is 2. The van der Waals surface area contributed by atoms with E-state index < -0.39 is 0 Å². The molecule has 0 saturated carbocycles. The minimum atomic E-state index is -0.00281. The third kappa shape index (κ3) is 7.06. The van der Waals surface area contributed by atoms with Gasteiger partial charge in [-0.1, -0.05) is 6.08 Å². The van der Waals surface area contributed by atoms with Crippen LogP contribution in [0.1, 0.15) is 12.8 Å². The second-order valence-corrected chi connectivity index (χ2v) is 4.74. The predicted octanol–water partition coefficient (Wildman–Crippen LogP) is 1.78. The van der Waals surface area contributed by atoms with Gasteiger partial charge in [0.2, 0.25) is 5.88 Å². The Morgan fingerprint density at radius 1 is 1.43 bits per heavy atom. The summed E-state index contributed by atoms with van der Waals surface area (Å²) in [5.74, 6) is 0.496. The van der Waals surface area contributed by atoms with Gasteiger partial charge >= 0.3 is 6.01 Å². The van der Waals surface area contributed by atoms with E-state index in [2.05, 4.69) is 21.4 Å². The van der Waals surface area contributed by atoms with Crippen LogP contribution in [0.3, 0.4) is 0 Å². The van der Waals surface area contributed by atoms with E-state index in [0.717, 1.165) is 25.9 Å². The smallest absolute Gasteiger partial charge is 0.319 e. The van der Waals surface area contributed by atoms with Crippen LogP contribution < -0.4 is 9.47 Å². The van der Waals surface area contributed by atoms with Crippen molar-refractivity contribution < 1.29 is 14.2 Å². The van der Waals surface area contributed by atoms with Crippen LogP contribution >= 0.6 is 0 Å². The fourth-order valence-electron chi connectivity index (χ4n) is 1.82. The summed E-state index contributed by atoms with van der Waals surface area (Å²) in [7, 11) is 5.30. The van der Waals surface area contributed by atoms with Crippen molar-refractivity contribution in [3.63, 3.8) is 0 Å². The summed E-state index contributed by atoms with van der Waals surface area (Å²) in [4.78, 5) is 10.5. The van der Waals surface area contributed by atoms with Crippen LogP contribution in [-0.4, -0.2) is 61.9 Å². The van der Waals surface area contributed by atoms with E-state index >= 15 is 0 Å². The Bertz CT molecular complexity index is 415. The number of ether oxygens (including phenoxy) is 3. The molecule has 1 heterocycles. The van der Waals surface area contributed by atoms with Gasteiger partial charge in [-0.15, -0.1) is 6.58 Å². The van der Waals surface area contributed by atoms with E-state index in [1.165, 1.54) is 0 Å². The van der Waals surface area contributed by atoms with Gasteiger partial charge in [-0.05, 0) is 19.9 Å². The van der Waals surface area contributed by atoms with E-state index in [0.29, 0.717) is 18.5 Å². The molecule has 1 rings (SSSR count). The molecule has 0 aromatic carbocycles. The molecule has 0 bridgehead atoms. The predicted molar refractivity (Wildman–Crippen MR) is 81.8 cm³/mol. The minimum absolute atomic E-state index is 0.00281. The number of likely N-dealkylation sites (N-methyl/N-ethyl adjacent to an activating group) is 1. The summed E-state index contributed by atoms with van der Waals surface area (Å²) in [6, 6.07) is 2.03. The standard InChI is InChI=1S/C15H25N3O3/c1-5-6-7-13(12-18(2)10-11-19-3)21-15-16-9-8-14(17-15)20-4/h5,8-9,13H,1,6-7,10-12H2,2-4H3/t13-/m1/s1. The lowest BCUT2D eigenvalue weighted by Gasteiger charge is -2.23. The number of hydrogen-bond donors (Lipinski definition) is 0. The van der Waals surface area contributed by atoms with E-state index in [9.17, 15) is 0 Å². The van der Waals surface area contributed by atoms with Crippen molar-refractivity contribution in [2.75, 3.05) is 41.0 Å². The zero-order valence-corrected chi connectivity index (χ0v) is 13.1. The molecule has 0 unspecified atom stereocenters. The first kappa shape index (κ1) is 17.4. The molecule has 6 heteroatoms. The average molecular weight is 295 g/mol. The number of rotatable bonds is 11. The average Bonchev–Trinajstić information content (AvgIpc) is 2.50. The van der Waals surface area contributed by atoms with Gasteiger partial charge in [-0.2, -0.15) is 4.98 Å². The molecular weight excluding hydrogens is 270 g/mol. The van der Waals surface area contributed by atoms with Gasteiger partial charge in [0.25, 0.3) is 0 Å². The maximum absolute atomic E-state index is 5.88. The van der Waals surface area contributed by atoms with Crippen LogP contribution in [-0.2, 0) is 4.74 Å². The van der Waals surface area contributed by atoms with Gasteiger partial charge in [0.05, 0.1) is 13.7 Å². The van der Waals surface area contributed by atoms with Gasteiger partial charge in [0.15, 0.2) is 0 Å². The molecule has 0 aliphatic rings. The molecule has 0 spiro atoms.